The lowest BCUT2D eigenvalue weighted by Gasteiger charge is -2.20. The third-order valence-corrected chi connectivity index (χ3v) is 4.16. The van der Waals surface area contributed by atoms with Crippen molar-refractivity contribution in [1.29, 1.82) is 0 Å². The van der Waals surface area contributed by atoms with Crippen molar-refractivity contribution in [2.24, 2.45) is 11.7 Å². The van der Waals surface area contributed by atoms with Crippen LogP contribution in [0.15, 0.2) is 52.9 Å². The Bertz CT molecular complexity index is 997. The van der Waals surface area contributed by atoms with Crippen molar-refractivity contribution in [1.82, 2.24) is 5.32 Å². The Balaban J connectivity index is 1.78. The highest BCUT2D eigenvalue weighted by Crippen LogP contribution is 2.29. The summed E-state index contributed by atoms with van der Waals surface area (Å²) < 4.78 is 19.2. The number of hydrogen-bond donors (Lipinski definition) is 3. The van der Waals surface area contributed by atoms with Gasteiger partial charge in [0.2, 0.25) is 5.91 Å². The van der Waals surface area contributed by atoms with Crippen LogP contribution in [0.5, 0.6) is 0 Å². The second-order valence-electron chi connectivity index (χ2n) is 6.60. The molecule has 7 heteroatoms. The molecule has 0 radical (unpaired) electrons. The smallest absolute Gasteiger partial charge is 0.319 e. The molecular formula is C20H20FN3O3. The Hall–Kier alpha value is -3.35. The normalized spacial score (nSPS) is 12.1. The lowest BCUT2D eigenvalue weighted by Crippen LogP contribution is -2.35. The first-order chi connectivity index (χ1) is 12.8. The molecule has 27 heavy (non-hydrogen) atoms. The zero-order valence-corrected chi connectivity index (χ0v) is 15.0. The largest absolute Gasteiger partial charge is 0.459 e. The predicted octanol–water partition coefficient (Wildman–Crippen LogP) is 4.19. The van der Waals surface area contributed by atoms with Gasteiger partial charge >= 0.3 is 6.03 Å². The number of amides is 3. The van der Waals surface area contributed by atoms with Gasteiger partial charge in [-0.05, 0) is 48.4 Å². The van der Waals surface area contributed by atoms with Gasteiger partial charge in [0.25, 0.3) is 0 Å². The molecule has 3 rings (SSSR count). The zero-order chi connectivity index (χ0) is 19.6. The molecule has 3 amide bonds. The summed E-state index contributed by atoms with van der Waals surface area (Å²) in [6, 6.07) is 11.5. The quantitative estimate of drug-likeness (QED) is 0.629. The van der Waals surface area contributed by atoms with Crippen LogP contribution in [0.3, 0.4) is 0 Å². The zero-order valence-electron chi connectivity index (χ0n) is 15.0. The van der Waals surface area contributed by atoms with Gasteiger partial charge in [-0.3, -0.25) is 4.79 Å². The summed E-state index contributed by atoms with van der Waals surface area (Å²) in [4.78, 5) is 23.7. The van der Waals surface area contributed by atoms with Crippen LogP contribution in [-0.4, -0.2) is 11.9 Å². The van der Waals surface area contributed by atoms with Gasteiger partial charge in [-0.25, -0.2) is 9.18 Å². The van der Waals surface area contributed by atoms with Crippen molar-refractivity contribution in [3.05, 3.63) is 65.7 Å². The molecule has 1 aromatic heterocycles. The second kappa shape index (κ2) is 7.49. The molecule has 0 aliphatic carbocycles. The van der Waals surface area contributed by atoms with Crippen LogP contribution in [-0.2, 0) is 0 Å². The second-order valence-corrected chi connectivity index (χ2v) is 6.60. The minimum atomic E-state index is -0.575. The van der Waals surface area contributed by atoms with Gasteiger partial charge in [0.15, 0.2) is 0 Å². The molecule has 0 aliphatic heterocycles. The number of halogens is 1. The molecule has 3 aromatic rings. The van der Waals surface area contributed by atoms with Crippen LogP contribution in [0.25, 0.3) is 11.0 Å². The van der Waals surface area contributed by atoms with Gasteiger partial charge in [-0.2, -0.15) is 0 Å². The van der Waals surface area contributed by atoms with E-state index in [4.69, 9.17) is 10.2 Å². The molecule has 0 unspecified atom stereocenters. The molecule has 0 saturated heterocycles. The number of rotatable bonds is 5. The van der Waals surface area contributed by atoms with Crippen molar-refractivity contribution < 1.29 is 18.4 Å². The van der Waals surface area contributed by atoms with Crippen LogP contribution in [0.2, 0.25) is 0 Å². The Morgan fingerprint density at radius 2 is 1.89 bits per heavy atom. The number of carbonyl (C=O) groups is 2. The highest BCUT2D eigenvalue weighted by molar-refractivity contribution is 5.96. The molecule has 1 atom stereocenters. The number of urea groups is 1. The average molecular weight is 369 g/mol. The molecule has 4 N–H and O–H groups in total. The van der Waals surface area contributed by atoms with Gasteiger partial charge < -0.3 is 20.8 Å². The lowest BCUT2D eigenvalue weighted by atomic mass is 10.0. The summed E-state index contributed by atoms with van der Waals surface area (Å²) in [6.45, 7) is 3.87. The number of primary amides is 1. The number of nitrogens with two attached hydrogens (primary N) is 1. The van der Waals surface area contributed by atoms with Gasteiger partial charge in [-0.15, -0.1) is 0 Å². The van der Waals surface area contributed by atoms with Crippen LogP contribution >= 0.6 is 0 Å². The molecule has 0 aliphatic rings. The third-order valence-electron chi connectivity index (χ3n) is 4.16. The Morgan fingerprint density at radius 1 is 1.11 bits per heavy atom. The van der Waals surface area contributed by atoms with Crippen molar-refractivity contribution >= 4 is 28.6 Å². The fourth-order valence-corrected chi connectivity index (χ4v) is 2.81. The first-order valence-electron chi connectivity index (χ1n) is 8.50. The summed E-state index contributed by atoms with van der Waals surface area (Å²) in [5.74, 6) is -0.366. The third kappa shape index (κ3) is 4.25. The van der Waals surface area contributed by atoms with Crippen LogP contribution in [0.4, 0.5) is 14.9 Å². The molecule has 140 valence electrons. The molecule has 2 aromatic carbocycles. The number of anilines is 1. The van der Waals surface area contributed by atoms with Gasteiger partial charge in [0.1, 0.15) is 17.2 Å². The maximum absolute atomic E-state index is 13.4. The van der Waals surface area contributed by atoms with E-state index in [-0.39, 0.29) is 11.7 Å². The van der Waals surface area contributed by atoms with Gasteiger partial charge in [0.05, 0.1) is 6.04 Å². The molecule has 0 bridgehead atoms. The standard InChI is InChI=1S/C20H20FN3O3/c1-11(2)18(17-10-13-8-14(21)6-7-16(13)27-17)24-20(26)23-15-5-3-4-12(9-15)19(22)25/h3-11,18H,1-2H3,(H2,22,25)(H2,23,24,26)/t18-/m1/s1. The summed E-state index contributed by atoms with van der Waals surface area (Å²) in [5, 5.41) is 6.16. The van der Waals surface area contributed by atoms with Crippen molar-refractivity contribution in [3.8, 4) is 0 Å². The molecule has 1 heterocycles. The summed E-state index contributed by atoms with van der Waals surface area (Å²) in [6.07, 6.45) is 0. The lowest BCUT2D eigenvalue weighted by molar-refractivity contribution is 0.1000. The highest BCUT2D eigenvalue weighted by Gasteiger charge is 2.22. The number of benzene rings is 2. The number of nitrogens with one attached hydrogen (secondary N) is 2. The predicted molar refractivity (Wildman–Crippen MR) is 101 cm³/mol. The molecule has 0 saturated carbocycles. The molecule has 0 fully saturated rings. The fraction of sp³-hybridized carbons (Fsp3) is 0.200. The van der Waals surface area contributed by atoms with E-state index in [9.17, 15) is 14.0 Å². The first-order valence-corrected chi connectivity index (χ1v) is 8.50. The number of furan rings is 1. The summed E-state index contributed by atoms with van der Waals surface area (Å²) >= 11 is 0. The minimum Gasteiger partial charge on any atom is -0.459 e. The van der Waals surface area contributed by atoms with E-state index < -0.39 is 18.0 Å². The fourth-order valence-electron chi connectivity index (χ4n) is 2.81. The van der Waals surface area contributed by atoms with Gasteiger partial charge in [0, 0.05) is 16.6 Å². The van der Waals surface area contributed by atoms with Crippen LogP contribution in [0.1, 0.15) is 36.0 Å². The topological polar surface area (TPSA) is 97.4 Å². The van der Waals surface area contributed by atoms with Crippen molar-refractivity contribution in [3.63, 3.8) is 0 Å². The Labute approximate surface area is 155 Å². The minimum absolute atomic E-state index is 0.0260. The Morgan fingerprint density at radius 3 is 2.59 bits per heavy atom. The molecule has 0 spiro atoms. The van der Waals surface area contributed by atoms with E-state index in [2.05, 4.69) is 10.6 Å². The SMILES string of the molecule is CC(C)[C@@H](NC(=O)Nc1cccc(C(N)=O)c1)c1cc2cc(F)ccc2o1. The molecular weight excluding hydrogens is 349 g/mol. The van der Waals surface area contributed by atoms with Crippen LogP contribution < -0.4 is 16.4 Å². The van der Waals surface area contributed by atoms with E-state index >= 15 is 0 Å². The molecule has 6 nitrogen and oxygen atoms in total. The van der Waals surface area contributed by atoms with E-state index in [0.29, 0.717) is 28.0 Å². The summed E-state index contributed by atoms with van der Waals surface area (Å²) in [7, 11) is 0. The summed E-state index contributed by atoms with van der Waals surface area (Å²) in [5.41, 5.74) is 6.54. The van der Waals surface area contributed by atoms with Gasteiger partial charge in [-0.1, -0.05) is 19.9 Å². The number of carbonyl (C=O) groups excluding carboxylic acids is 2. The van der Waals surface area contributed by atoms with Crippen molar-refractivity contribution in [2.45, 2.75) is 19.9 Å². The van der Waals surface area contributed by atoms with Crippen LogP contribution in [0, 0.1) is 11.7 Å². The van der Waals surface area contributed by atoms with E-state index in [1.807, 2.05) is 13.8 Å². The highest BCUT2D eigenvalue weighted by atomic mass is 19.1. The monoisotopic (exact) mass is 369 g/mol. The first kappa shape index (κ1) is 18.4. The van der Waals surface area contributed by atoms with E-state index in [1.54, 1.807) is 30.3 Å². The Kier molecular flexibility index (Phi) is 5.12. The number of fused-ring (bicyclic) bond motifs is 1. The average Bonchev–Trinajstić information content (AvgIpc) is 3.02. The maximum Gasteiger partial charge on any atom is 0.319 e. The number of hydrogen-bond acceptors (Lipinski definition) is 3. The maximum atomic E-state index is 13.4. The van der Waals surface area contributed by atoms with E-state index in [0.717, 1.165) is 0 Å². The van der Waals surface area contributed by atoms with E-state index in [1.165, 1.54) is 18.2 Å². The van der Waals surface area contributed by atoms with Crippen molar-refractivity contribution in [2.75, 3.05) is 5.32 Å².